The van der Waals surface area contributed by atoms with Crippen LogP contribution in [0.15, 0.2) is 36.4 Å². The van der Waals surface area contributed by atoms with E-state index in [0.29, 0.717) is 35.1 Å². The third kappa shape index (κ3) is 2.13. The quantitative estimate of drug-likeness (QED) is 0.603. The van der Waals surface area contributed by atoms with Gasteiger partial charge in [0.2, 0.25) is 0 Å². The number of carbonyl (C=O) groups excluding carboxylic acids is 3. The van der Waals surface area contributed by atoms with Crippen molar-refractivity contribution in [3.05, 3.63) is 69.8 Å². The van der Waals surface area contributed by atoms with Crippen molar-refractivity contribution in [1.82, 2.24) is 0 Å². The lowest BCUT2D eigenvalue weighted by Gasteiger charge is -2.32. The number of rotatable bonds is 1. The summed E-state index contributed by atoms with van der Waals surface area (Å²) in [4.78, 5) is 37.5. The van der Waals surface area contributed by atoms with Crippen molar-refractivity contribution >= 4 is 33.3 Å². The van der Waals surface area contributed by atoms with Gasteiger partial charge in [0.05, 0.1) is 4.32 Å². The summed E-state index contributed by atoms with van der Waals surface area (Å²) in [5, 5.41) is 0. The Morgan fingerprint density at radius 1 is 0.958 bits per heavy atom. The minimum Gasteiger partial charge on any atom is -0.298 e. The molecule has 2 aromatic rings. The number of carbonyl (C=O) groups is 3. The Bertz CT molecular complexity index is 928. The summed E-state index contributed by atoms with van der Waals surface area (Å²) in [5.41, 5.74) is 3.92. The second-order valence-electron chi connectivity index (χ2n) is 6.57. The van der Waals surface area contributed by atoms with Gasteiger partial charge in [-0.15, -0.1) is 0 Å². The molecule has 0 saturated heterocycles. The molecule has 120 valence electrons. The molecule has 4 heteroatoms. The maximum absolute atomic E-state index is 12.8. The van der Waals surface area contributed by atoms with Crippen molar-refractivity contribution in [2.45, 2.75) is 30.5 Å². The number of halogens is 1. The molecular weight excluding hydrogens is 368 g/mol. The lowest BCUT2D eigenvalue weighted by atomic mass is 9.76. The van der Waals surface area contributed by atoms with Crippen LogP contribution in [-0.2, 0) is 17.6 Å². The highest BCUT2D eigenvalue weighted by molar-refractivity contribution is 9.10. The predicted molar refractivity (Wildman–Crippen MR) is 94.1 cm³/mol. The van der Waals surface area contributed by atoms with Crippen molar-refractivity contribution < 1.29 is 14.4 Å². The first kappa shape index (κ1) is 15.5. The largest absolute Gasteiger partial charge is 0.298 e. The molecule has 0 heterocycles. The van der Waals surface area contributed by atoms with Crippen LogP contribution in [0.5, 0.6) is 0 Å². The van der Waals surface area contributed by atoms with Crippen molar-refractivity contribution in [1.29, 1.82) is 0 Å². The molecule has 2 aromatic carbocycles. The van der Waals surface area contributed by atoms with Crippen LogP contribution >= 0.6 is 15.9 Å². The Morgan fingerprint density at radius 3 is 2.04 bits per heavy atom. The van der Waals surface area contributed by atoms with Crippen molar-refractivity contribution in [3.63, 3.8) is 0 Å². The van der Waals surface area contributed by atoms with Crippen LogP contribution in [0.3, 0.4) is 0 Å². The van der Waals surface area contributed by atoms with Crippen LogP contribution in [0.4, 0.5) is 0 Å². The van der Waals surface area contributed by atoms with Gasteiger partial charge >= 0.3 is 0 Å². The number of hydrogen-bond donors (Lipinski definition) is 0. The molecule has 0 aromatic heterocycles. The molecular formula is C20H15BrO3. The van der Waals surface area contributed by atoms with Crippen LogP contribution in [0.25, 0.3) is 0 Å². The molecule has 0 bridgehead atoms. The number of alkyl halides is 1. The van der Waals surface area contributed by atoms with E-state index >= 15 is 0 Å². The fraction of sp³-hybridized carbons (Fsp3) is 0.250. The number of ketones is 3. The molecule has 2 aliphatic carbocycles. The van der Waals surface area contributed by atoms with E-state index in [9.17, 15) is 14.4 Å². The van der Waals surface area contributed by atoms with Crippen LogP contribution in [0.1, 0.15) is 56.3 Å². The van der Waals surface area contributed by atoms with Gasteiger partial charge in [-0.05, 0) is 49.4 Å². The van der Waals surface area contributed by atoms with Crippen LogP contribution in [0, 0.1) is 0 Å². The maximum atomic E-state index is 12.8. The average Bonchev–Trinajstić information content (AvgIpc) is 2.58. The van der Waals surface area contributed by atoms with Gasteiger partial charge in [-0.3, -0.25) is 14.4 Å². The number of benzene rings is 2. The van der Waals surface area contributed by atoms with E-state index in [4.69, 9.17) is 0 Å². The van der Waals surface area contributed by atoms with E-state index in [0.717, 1.165) is 17.5 Å². The second kappa shape index (κ2) is 5.21. The van der Waals surface area contributed by atoms with E-state index in [1.54, 1.807) is 31.2 Å². The highest BCUT2D eigenvalue weighted by Crippen LogP contribution is 2.39. The van der Waals surface area contributed by atoms with Crippen molar-refractivity contribution in [2.75, 3.05) is 0 Å². The number of Topliss-reactive ketones (excluding diaryl/α,β-unsaturated/α-hetero) is 1. The molecule has 0 saturated carbocycles. The molecule has 24 heavy (non-hydrogen) atoms. The van der Waals surface area contributed by atoms with Gasteiger partial charge in [-0.25, -0.2) is 0 Å². The average molecular weight is 383 g/mol. The summed E-state index contributed by atoms with van der Waals surface area (Å²) in [5.74, 6) is -0.111. The van der Waals surface area contributed by atoms with Crippen molar-refractivity contribution in [2.24, 2.45) is 0 Å². The summed E-state index contributed by atoms with van der Waals surface area (Å²) >= 11 is 3.58. The second-order valence-corrected chi connectivity index (χ2v) is 8.09. The van der Waals surface area contributed by atoms with Gasteiger partial charge in [0, 0.05) is 22.3 Å². The number of aryl methyl sites for hydroxylation is 1. The zero-order valence-corrected chi connectivity index (χ0v) is 14.8. The zero-order valence-electron chi connectivity index (χ0n) is 13.2. The Hall–Kier alpha value is -2.07. The monoisotopic (exact) mass is 382 g/mol. The van der Waals surface area contributed by atoms with Crippen LogP contribution in [-0.4, -0.2) is 21.7 Å². The molecule has 0 spiro atoms. The highest BCUT2D eigenvalue weighted by atomic mass is 79.9. The minimum atomic E-state index is -0.562. The molecule has 4 rings (SSSR count). The molecule has 1 unspecified atom stereocenters. The molecule has 1 atom stereocenters. The Labute approximate surface area is 148 Å². The van der Waals surface area contributed by atoms with Crippen molar-refractivity contribution in [3.8, 4) is 0 Å². The van der Waals surface area contributed by atoms with Gasteiger partial charge in [0.25, 0.3) is 0 Å². The standard InChI is InChI=1S/C20H15BrO3/c1-11(22)20(21)7-6-12-8-16-17(9-13(12)10-20)19(24)15-5-3-2-4-14(15)18(16)23/h2-5,8-9H,6-7,10H2,1H3. The van der Waals surface area contributed by atoms with Gasteiger partial charge in [0.1, 0.15) is 5.78 Å². The Kier molecular flexibility index (Phi) is 3.36. The Morgan fingerprint density at radius 2 is 1.50 bits per heavy atom. The van der Waals surface area contributed by atoms with E-state index < -0.39 is 4.32 Å². The third-order valence-corrected chi connectivity index (χ3v) is 6.37. The van der Waals surface area contributed by atoms with Gasteiger partial charge < -0.3 is 0 Å². The maximum Gasteiger partial charge on any atom is 0.194 e. The Balaban J connectivity index is 1.87. The first-order valence-electron chi connectivity index (χ1n) is 7.95. The number of fused-ring (bicyclic) bond motifs is 3. The smallest absolute Gasteiger partial charge is 0.194 e. The van der Waals surface area contributed by atoms with Gasteiger partial charge in [-0.1, -0.05) is 40.2 Å². The molecule has 0 amide bonds. The van der Waals surface area contributed by atoms with E-state index in [1.165, 1.54) is 0 Å². The first-order valence-corrected chi connectivity index (χ1v) is 8.74. The highest BCUT2D eigenvalue weighted by Gasteiger charge is 2.38. The minimum absolute atomic E-state index is 0.0924. The normalized spacial score (nSPS) is 21.8. The summed E-state index contributed by atoms with van der Waals surface area (Å²) in [6.45, 7) is 1.59. The zero-order chi connectivity index (χ0) is 17.1. The molecule has 2 aliphatic rings. The lowest BCUT2D eigenvalue weighted by Crippen LogP contribution is -2.37. The van der Waals surface area contributed by atoms with E-state index in [1.807, 2.05) is 12.1 Å². The van der Waals surface area contributed by atoms with Crippen LogP contribution in [0.2, 0.25) is 0 Å². The van der Waals surface area contributed by atoms with Gasteiger partial charge in [-0.2, -0.15) is 0 Å². The van der Waals surface area contributed by atoms with Gasteiger partial charge in [0.15, 0.2) is 11.6 Å². The summed E-state index contributed by atoms with van der Waals surface area (Å²) in [6, 6.07) is 10.6. The first-order chi connectivity index (χ1) is 11.4. The molecule has 0 fully saturated rings. The molecule has 3 nitrogen and oxygen atoms in total. The third-order valence-electron chi connectivity index (χ3n) is 5.14. The fourth-order valence-electron chi connectivity index (χ4n) is 3.66. The molecule has 0 radical (unpaired) electrons. The van der Waals surface area contributed by atoms with Crippen LogP contribution < -0.4 is 0 Å². The predicted octanol–water partition coefficient (Wildman–Crippen LogP) is 3.67. The summed E-state index contributed by atoms with van der Waals surface area (Å²) < 4.78 is -0.562. The molecule has 0 aliphatic heterocycles. The lowest BCUT2D eigenvalue weighted by molar-refractivity contribution is -0.119. The van der Waals surface area contributed by atoms with E-state index in [-0.39, 0.29) is 17.3 Å². The molecule has 0 N–H and O–H groups in total. The SMILES string of the molecule is CC(=O)C1(Br)CCc2cc3c(cc2C1)C(=O)c1ccccc1C3=O. The number of hydrogen-bond acceptors (Lipinski definition) is 3. The topological polar surface area (TPSA) is 51.2 Å². The summed E-state index contributed by atoms with van der Waals surface area (Å²) in [6.07, 6.45) is 1.97. The van der Waals surface area contributed by atoms with E-state index in [2.05, 4.69) is 15.9 Å². The fourth-order valence-corrected chi connectivity index (χ4v) is 4.16. The summed E-state index contributed by atoms with van der Waals surface area (Å²) in [7, 11) is 0.